The monoisotopic (exact) mass is 450 g/mol. The molecule has 0 bridgehead atoms. The van der Waals surface area contributed by atoms with Gasteiger partial charge in [0, 0.05) is 11.7 Å². The Morgan fingerprint density at radius 3 is 2.53 bits per heavy atom. The summed E-state index contributed by atoms with van der Waals surface area (Å²) in [6.45, 7) is 4.34. The topological polar surface area (TPSA) is 69.0 Å². The number of ether oxygens (including phenoxy) is 1. The summed E-state index contributed by atoms with van der Waals surface area (Å²) in [7, 11) is 1.65. The number of hydrogen-bond donors (Lipinski definition) is 1. The van der Waals surface area contributed by atoms with Gasteiger partial charge in [-0.15, -0.1) is 10.2 Å². The van der Waals surface area contributed by atoms with E-state index in [1.54, 1.807) is 7.11 Å². The zero-order valence-corrected chi connectivity index (χ0v) is 19.7. The highest BCUT2D eigenvalue weighted by atomic mass is 32.2. The Morgan fingerprint density at radius 1 is 1.09 bits per heavy atom. The van der Waals surface area contributed by atoms with E-state index in [2.05, 4.69) is 41.5 Å². The molecule has 1 aliphatic rings. The molecule has 1 aliphatic carbocycles. The number of benzene rings is 2. The highest BCUT2D eigenvalue weighted by Crippen LogP contribution is 2.33. The van der Waals surface area contributed by atoms with Crippen LogP contribution in [0.1, 0.15) is 38.2 Å². The van der Waals surface area contributed by atoms with Crippen molar-refractivity contribution in [2.75, 3.05) is 12.9 Å². The van der Waals surface area contributed by atoms with Crippen molar-refractivity contribution in [1.82, 2.24) is 20.1 Å². The van der Waals surface area contributed by atoms with Crippen molar-refractivity contribution < 1.29 is 9.53 Å². The molecule has 6 nitrogen and oxygen atoms in total. The summed E-state index contributed by atoms with van der Waals surface area (Å²) in [6.07, 6.45) is 4.49. The van der Waals surface area contributed by atoms with Crippen LogP contribution in [-0.2, 0) is 4.79 Å². The van der Waals surface area contributed by atoms with E-state index in [0.717, 1.165) is 35.8 Å². The van der Waals surface area contributed by atoms with Gasteiger partial charge in [0.05, 0.1) is 18.4 Å². The zero-order valence-electron chi connectivity index (χ0n) is 18.9. The minimum Gasteiger partial charge on any atom is -0.496 e. The summed E-state index contributed by atoms with van der Waals surface area (Å²) < 4.78 is 7.55. The predicted molar refractivity (Wildman–Crippen MR) is 128 cm³/mol. The molecule has 3 aromatic rings. The fourth-order valence-electron chi connectivity index (χ4n) is 4.10. The first-order valence-electron chi connectivity index (χ1n) is 11.1. The third-order valence-electron chi connectivity index (χ3n) is 5.99. The molecule has 7 heteroatoms. The van der Waals surface area contributed by atoms with E-state index < -0.39 is 0 Å². The van der Waals surface area contributed by atoms with E-state index in [1.807, 2.05) is 41.0 Å². The van der Waals surface area contributed by atoms with Crippen LogP contribution in [0.4, 0.5) is 0 Å². The Balaban J connectivity index is 1.57. The lowest BCUT2D eigenvalue weighted by atomic mass is 9.87. The van der Waals surface area contributed by atoms with Gasteiger partial charge in [0.15, 0.2) is 11.0 Å². The quantitative estimate of drug-likeness (QED) is 0.511. The molecular weight excluding hydrogens is 420 g/mol. The second-order valence-corrected chi connectivity index (χ2v) is 9.43. The van der Waals surface area contributed by atoms with E-state index in [4.69, 9.17) is 4.74 Å². The molecule has 0 atom stereocenters. The SMILES string of the molecule is COc1ccccc1-c1nnc(SCC(=O)NC2CCC(C)CC2)n1-c1ccc(C)cc1. The lowest BCUT2D eigenvalue weighted by Gasteiger charge is -2.26. The molecule has 32 heavy (non-hydrogen) atoms. The van der Waals surface area contributed by atoms with Gasteiger partial charge in [0.1, 0.15) is 5.75 Å². The molecule has 4 rings (SSSR count). The molecule has 1 amide bonds. The van der Waals surface area contributed by atoms with Gasteiger partial charge in [-0.05, 0) is 62.8 Å². The minimum absolute atomic E-state index is 0.0480. The number of nitrogens with one attached hydrogen (secondary N) is 1. The van der Waals surface area contributed by atoms with Crippen molar-refractivity contribution in [1.29, 1.82) is 0 Å². The van der Waals surface area contributed by atoms with Crippen molar-refractivity contribution in [2.24, 2.45) is 5.92 Å². The highest BCUT2D eigenvalue weighted by Gasteiger charge is 2.22. The summed E-state index contributed by atoms with van der Waals surface area (Å²) in [5.41, 5.74) is 2.98. The van der Waals surface area contributed by atoms with Crippen molar-refractivity contribution in [2.45, 2.75) is 50.7 Å². The van der Waals surface area contributed by atoms with E-state index in [-0.39, 0.29) is 5.91 Å². The van der Waals surface area contributed by atoms with Crippen LogP contribution in [0.15, 0.2) is 53.7 Å². The molecule has 0 unspecified atom stereocenters. The maximum Gasteiger partial charge on any atom is 0.230 e. The van der Waals surface area contributed by atoms with Gasteiger partial charge < -0.3 is 10.1 Å². The molecule has 0 aliphatic heterocycles. The number of aromatic nitrogens is 3. The Kier molecular flexibility index (Phi) is 7.15. The standard InChI is InChI=1S/C25H30N4O2S/c1-17-8-12-19(13-9-17)26-23(30)16-32-25-28-27-24(21-6-4-5-7-22(21)31-3)29(25)20-14-10-18(2)11-15-20/h4-7,10-11,14-15,17,19H,8-9,12-13,16H2,1-3H3,(H,26,30). The Labute approximate surface area is 193 Å². The van der Waals surface area contributed by atoms with Crippen molar-refractivity contribution >= 4 is 17.7 Å². The Hall–Kier alpha value is -2.80. The maximum atomic E-state index is 12.6. The summed E-state index contributed by atoms with van der Waals surface area (Å²) >= 11 is 1.41. The Bertz CT molecular complexity index is 1060. The second kappa shape index (κ2) is 10.2. The molecule has 0 spiro atoms. The molecule has 1 fully saturated rings. The van der Waals surface area contributed by atoms with Crippen molar-refractivity contribution in [3.05, 3.63) is 54.1 Å². The van der Waals surface area contributed by atoms with E-state index in [0.29, 0.717) is 22.8 Å². The summed E-state index contributed by atoms with van der Waals surface area (Å²) in [5.74, 6) is 2.54. The van der Waals surface area contributed by atoms with E-state index in [9.17, 15) is 4.79 Å². The van der Waals surface area contributed by atoms with Gasteiger partial charge >= 0.3 is 0 Å². The van der Waals surface area contributed by atoms with Crippen LogP contribution in [0.3, 0.4) is 0 Å². The average molecular weight is 451 g/mol. The smallest absolute Gasteiger partial charge is 0.230 e. The van der Waals surface area contributed by atoms with Crippen LogP contribution in [0.5, 0.6) is 5.75 Å². The molecule has 1 N–H and O–H groups in total. The van der Waals surface area contributed by atoms with Gasteiger partial charge in [0.2, 0.25) is 5.91 Å². The lowest BCUT2D eigenvalue weighted by Crippen LogP contribution is -2.38. The van der Waals surface area contributed by atoms with Crippen molar-refractivity contribution in [3.8, 4) is 22.8 Å². The molecule has 0 radical (unpaired) electrons. The van der Waals surface area contributed by atoms with Crippen LogP contribution in [0, 0.1) is 12.8 Å². The van der Waals surface area contributed by atoms with Crippen LogP contribution in [0.25, 0.3) is 17.1 Å². The third kappa shape index (κ3) is 5.15. The normalized spacial score (nSPS) is 18.3. The fraction of sp³-hybridized carbons (Fsp3) is 0.400. The molecule has 2 aromatic carbocycles. The van der Waals surface area contributed by atoms with Gasteiger partial charge in [-0.2, -0.15) is 0 Å². The fourth-order valence-corrected chi connectivity index (χ4v) is 4.86. The number of amides is 1. The predicted octanol–water partition coefficient (Wildman–Crippen LogP) is 5.04. The summed E-state index contributed by atoms with van der Waals surface area (Å²) in [6, 6.07) is 16.3. The number of aryl methyl sites for hydroxylation is 1. The summed E-state index contributed by atoms with van der Waals surface area (Å²) in [4.78, 5) is 12.6. The first-order chi connectivity index (χ1) is 15.5. The number of methoxy groups -OCH3 is 1. The van der Waals surface area contributed by atoms with Gasteiger partial charge in [-0.1, -0.05) is 48.5 Å². The van der Waals surface area contributed by atoms with Crippen molar-refractivity contribution in [3.63, 3.8) is 0 Å². The third-order valence-corrected chi connectivity index (χ3v) is 6.92. The molecular formula is C25H30N4O2S. The number of nitrogens with zero attached hydrogens (tertiary/aromatic N) is 3. The number of carbonyl (C=O) groups is 1. The molecule has 168 valence electrons. The van der Waals surface area contributed by atoms with Crippen LogP contribution in [-0.4, -0.2) is 39.6 Å². The average Bonchev–Trinajstić information content (AvgIpc) is 3.23. The molecule has 1 saturated carbocycles. The maximum absolute atomic E-state index is 12.6. The molecule has 1 aromatic heterocycles. The Morgan fingerprint density at radius 2 is 1.81 bits per heavy atom. The summed E-state index contributed by atoms with van der Waals surface area (Å²) in [5, 5.41) is 12.8. The first kappa shape index (κ1) is 22.4. The van der Waals surface area contributed by atoms with Gasteiger partial charge in [-0.25, -0.2) is 0 Å². The second-order valence-electron chi connectivity index (χ2n) is 8.49. The number of thioether (sulfide) groups is 1. The zero-order chi connectivity index (χ0) is 22.5. The first-order valence-corrected chi connectivity index (χ1v) is 12.1. The largest absolute Gasteiger partial charge is 0.496 e. The van der Waals surface area contributed by atoms with Crippen LogP contribution >= 0.6 is 11.8 Å². The number of carbonyl (C=O) groups excluding carboxylic acids is 1. The lowest BCUT2D eigenvalue weighted by molar-refractivity contribution is -0.119. The van der Waals surface area contributed by atoms with Gasteiger partial charge in [-0.3, -0.25) is 9.36 Å². The van der Waals surface area contributed by atoms with E-state index >= 15 is 0 Å². The van der Waals surface area contributed by atoms with E-state index in [1.165, 1.54) is 30.2 Å². The number of hydrogen-bond acceptors (Lipinski definition) is 5. The molecule has 0 saturated heterocycles. The van der Waals surface area contributed by atoms with Crippen LogP contribution < -0.4 is 10.1 Å². The van der Waals surface area contributed by atoms with Crippen LogP contribution in [0.2, 0.25) is 0 Å². The number of para-hydroxylation sites is 1. The highest BCUT2D eigenvalue weighted by molar-refractivity contribution is 7.99. The van der Waals surface area contributed by atoms with Gasteiger partial charge in [0.25, 0.3) is 0 Å². The minimum atomic E-state index is 0.0480. The number of rotatable bonds is 7. The molecule has 1 heterocycles.